The van der Waals surface area contributed by atoms with E-state index in [2.05, 4.69) is 5.10 Å². The Hall–Kier alpha value is -0.770. The van der Waals surface area contributed by atoms with Gasteiger partial charge in [0.2, 0.25) is 0 Å². The quantitative estimate of drug-likeness (QED) is 0.327. The molecule has 0 fully saturated rings. The molecule has 0 spiro atoms. The SMILES string of the molecule is C/C(=N\N(C)C)N(C)N(C)C. The van der Waals surface area contributed by atoms with E-state index < -0.39 is 0 Å². The topological polar surface area (TPSA) is 22.1 Å². The highest BCUT2D eigenvalue weighted by atomic mass is 15.6. The van der Waals surface area contributed by atoms with E-state index in [1.165, 1.54) is 0 Å². The molecule has 0 saturated heterocycles. The molecular weight excluding hydrogens is 140 g/mol. The molecule has 0 radical (unpaired) electrons. The molecule has 0 aromatic carbocycles. The van der Waals surface area contributed by atoms with Crippen molar-refractivity contribution in [3.8, 4) is 0 Å². The minimum absolute atomic E-state index is 0.972. The van der Waals surface area contributed by atoms with Crippen LogP contribution in [0.15, 0.2) is 5.10 Å². The number of rotatable bonds is 2. The standard InChI is InChI=1S/C7H18N4/c1-7(8-9(2)3)11(6)10(4)5/h1-6H3/b8-7+. The first-order valence-electron chi connectivity index (χ1n) is 3.58. The predicted molar refractivity (Wildman–Crippen MR) is 48.2 cm³/mol. The van der Waals surface area contributed by atoms with Crippen LogP contribution in [0.4, 0.5) is 0 Å². The van der Waals surface area contributed by atoms with Gasteiger partial charge < -0.3 is 5.01 Å². The molecule has 0 atom stereocenters. The Morgan fingerprint density at radius 1 is 1.00 bits per heavy atom. The molecule has 0 aliphatic heterocycles. The smallest absolute Gasteiger partial charge is 0.135 e. The van der Waals surface area contributed by atoms with Crippen LogP contribution in [0.2, 0.25) is 0 Å². The molecular formula is C7H18N4. The van der Waals surface area contributed by atoms with Gasteiger partial charge in [0, 0.05) is 35.2 Å². The summed E-state index contributed by atoms with van der Waals surface area (Å²) in [5.74, 6) is 0.972. The van der Waals surface area contributed by atoms with Crippen molar-refractivity contribution in [1.82, 2.24) is 15.0 Å². The molecule has 0 aromatic rings. The molecule has 0 aromatic heterocycles. The third-order valence-corrected chi connectivity index (χ3v) is 1.41. The van der Waals surface area contributed by atoms with Crippen molar-refractivity contribution in [2.45, 2.75) is 6.92 Å². The zero-order chi connectivity index (χ0) is 9.02. The molecule has 0 amide bonds. The van der Waals surface area contributed by atoms with Crippen LogP contribution in [-0.2, 0) is 0 Å². The van der Waals surface area contributed by atoms with E-state index in [1.54, 1.807) is 5.01 Å². The Labute approximate surface area is 69.0 Å². The number of hydrogen-bond donors (Lipinski definition) is 0. The fraction of sp³-hybridized carbons (Fsp3) is 0.857. The molecule has 0 aliphatic rings. The van der Waals surface area contributed by atoms with Gasteiger partial charge in [0.15, 0.2) is 0 Å². The van der Waals surface area contributed by atoms with Crippen LogP contribution in [0.5, 0.6) is 0 Å². The highest BCUT2D eigenvalue weighted by molar-refractivity contribution is 5.78. The van der Waals surface area contributed by atoms with Crippen molar-refractivity contribution in [3.05, 3.63) is 0 Å². The average molecular weight is 158 g/mol. The van der Waals surface area contributed by atoms with E-state index >= 15 is 0 Å². The van der Waals surface area contributed by atoms with Crippen molar-refractivity contribution in [2.24, 2.45) is 5.10 Å². The summed E-state index contributed by atoms with van der Waals surface area (Å²) in [7, 11) is 9.76. The second-order valence-electron chi connectivity index (χ2n) is 2.87. The molecule has 0 aliphatic carbocycles. The van der Waals surface area contributed by atoms with Crippen LogP contribution < -0.4 is 0 Å². The summed E-state index contributed by atoms with van der Waals surface area (Å²) in [6.45, 7) is 1.97. The third kappa shape index (κ3) is 3.83. The number of amidine groups is 1. The maximum atomic E-state index is 4.23. The fourth-order valence-electron chi connectivity index (χ4n) is 0.644. The second kappa shape index (κ2) is 4.18. The van der Waals surface area contributed by atoms with Gasteiger partial charge >= 0.3 is 0 Å². The van der Waals surface area contributed by atoms with Gasteiger partial charge in [-0.05, 0) is 6.92 Å². The third-order valence-electron chi connectivity index (χ3n) is 1.41. The Morgan fingerprint density at radius 3 is 1.73 bits per heavy atom. The summed E-state index contributed by atoms with van der Waals surface area (Å²) in [6.07, 6.45) is 0. The van der Waals surface area contributed by atoms with Crippen molar-refractivity contribution in [3.63, 3.8) is 0 Å². The summed E-state index contributed by atoms with van der Waals surface area (Å²) in [5.41, 5.74) is 0. The first-order valence-corrected chi connectivity index (χ1v) is 3.58. The highest BCUT2D eigenvalue weighted by Gasteiger charge is 2.01. The fourth-order valence-corrected chi connectivity index (χ4v) is 0.644. The summed E-state index contributed by atoms with van der Waals surface area (Å²) in [4.78, 5) is 0. The Morgan fingerprint density at radius 2 is 1.45 bits per heavy atom. The van der Waals surface area contributed by atoms with Gasteiger partial charge in [0.25, 0.3) is 0 Å². The minimum Gasteiger partial charge on any atom is -0.301 e. The molecule has 4 nitrogen and oxygen atoms in total. The largest absolute Gasteiger partial charge is 0.301 e. The molecule has 66 valence electrons. The number of nitrogens with zero attached hydrogens (tertiary/aromatic N) is 4. The second-order valence-corrected chi connectivity index (χ2v) is 2.87. The van der Waals surface area contributed by atoms with Crippen molar-refractivity contribution >= 4 is 5.84 Å². The molecule has 0 N–H and O–H groups in total. The predicted octanol–water partition coefficient (Wildman–Crippen LogP) is 0.290. The van der Waals surface area contributed by atoms with E-state index in [0.29, 0.717) is 0 Å². The summed E-state index contributed by atoms with van der Waals surface area (Å²) in [6, 6.07) is 0. The number of hydrazone groups is 1. The van der Waals surface area contributed by atoms with Crippen LogP contribution in [0.1, 0.15) is 6.92 Å². The van der Waals surface area contributed by atoms with Crippen molar-refractivity contribution < 1.29 is 0 Å². The van der Waals surface area contributed by atoms with E-state index in [4.69, 9.17) is 0 Å². The van der Waals surface area contributed by atoms with E-state index in [9.17, 15) is 0 Å². The van der Waals surface area contributed by atoms with E-state index in [-0.39, 0.29) is 0 Å². The van der Waals surface area contributed by atoms with Gasteiger partial charge in [-0.2, -0.15) is 5.10 Å². The van der Waals surface area contributed by atoms with Crippen LogP contribution in [-0.4, -0.2) is 56.1 Å². The minimum atomic E-state index is 0.972. The lowest BCUT2D eigenvalue weighted by atomic mass is 10.6. The molecule has 4 heteroatoms. The lowest BCUT2D eigenvalue weighted by molar-refractivity contribution is 0.140. The van der Waals surface area contributed by atoms with Crippen molar-refractivity contribution in [1.29, 1.82) is 0 Å². The maximum absolute atomic E-state index is 4.23. The van der Waals surface area contributed by atoms with Crippen LogP contribution in [0, 0.1) is 0 Å². The average Bonchev–Trinajstić information content (AvgIpc) is 1.84. The molecule has 0 bridgehead atoms. The van der Waals surface area contributed by atoms with Gasteiger partial charge in [0.05, 0.1) is 0 Å². The lowest BCUT2D eigenvalue weighted by Gasteiger charge is -2.26. The van der Waals surface area contributed by atoms with Gasteiger partial charge in [-0.3, -0.25) is 5.01 Å². The Bertz CT molecular complexity index is 139. The van der Waals surface area contributed by atoms with Gasteiger partial charge in [-0.15, -0.1) is 0 Å². The molecule has 0 rings (SSSR count). The molecule has 0 saturated carbocycles. The summed E-state index contributed by atoms with van der Waals surface area (Å²) >= 11 is 0. The Balaban J connectivity index is 4.11. The van der Waals surface area contributed by atoms with E-state index in [1.807, 2.05) is 52.2 Å². The monoisotopic (exact) mass is 158 g/mol. The van der Waals surface area contributed by atoms with Crippen LogP contribution >= 0.6 is 0 Å². The van der Waals surface area contributed by atoms with Crippen molar-refractivity contribution in [2.75, 3.05) is 35.2 Å². The van der Waals surface area contributed by atoms with E-state index in [0.717, 1.165) is 5.84 Å². The first kappa shape index (κ1) is 10.2. The molecule has 11 heavy (non-hydrogen) atoms. The zero-order valence-corrected chi connectivity index (χ0v) is 8.29. The van der Waals surface area contributed by atoms with Gasteiger partial charge in [0.1, 0.15) is 5.84 Å². The first-order chi connectivity index (χ1) is 4.95. The molecule has 0 unspecified atom stereocenters. The zero-order valence-electron chi connectivity index (χ0n) is 8.29. The summed E-state index contributed by atoms with van der Waals surface area (Å²) < 4.78 is 0. The van der Waals surface area contributed by atoms with Gasteiger partial charge in [-0.25, -0.2) is 5.01 Å². The van der Waals surface area contributed by atoms with Crippen LogP contribution in [0.3, 0.4) is 0 Å². The lowest BCUT2D eigenvalue weighted by Crippen LogP contribution is -2.37. The number of hydrogen-bond acceptors (Lipinski definition) is 3. The maximum Gasteiger partial charge on any atom is 0.135 e. The molecule has 0 heterocycles. The Kier molecular flexibility index (Phi) is 3.89. The van der Waals surface area contributed by atoms with Crippen LogP contribution in [0.25, 0.3) is 0 Å². The number of hydrazine groups is 1. The summed E-state index contributed by atoms with van der Waals surface area (Å²) in [5, 5.41) is 9.97. The highest BCUT2D eigenvalue weighted by Crippen LogP contribution is 1.90. The van der Waals surface area contributed by atoms with Gasteiger partial charge in [-0.1, -0.05) is 0 Å². The normalized spacial score (nSPS) is 12.1.